The second-order valence-electron chi connectivity index (χ2n) is 9.18. The number of amides is 1. The number of ether oxygens (including phenoxy) is 2. The molecule has 0 radical (unpaired) electrons. The van der Waals surface area contributed by atoms with Gasteiger partial charge in [0, 0.05) is 36.5 Å². The molecule has 0 unspecified atom stereocenters. The molecule has 4 rings (SSSR count). The number of alkyl halides is 3. The summed E-state index contributed by atoms with van der Waals surface area (Å²) in [6.45, 7) is 1.44. The molecule has 35 heavy (non-hydrogen) atoms. The van der Waals surface area contributed by atoms with Crippen molar-refractivity contribution in [2.45, 2.75) is 63.6 Å². The second-order valence-corrected chi connectivity index (χ2v) is 10.2. The minimum atomic E-state index is -4.35. The van der Waals surface area contributed by atoms with Crippen molar-refractivity contribution < 1.29 is 32.0 Å². The molecule has 12 heteroatoms. The minimum Gasteiger partial charge on any atom is -0.479 e. The smallest absolute Gasteiger partial charge is 0.422 e. The van der Waals surface area contributed by atoms with Crippen molar-refractivity contribution >= 4 is 17.2 Å². The average Bonchev–Trinajstić information content (AvgIpc) is 3.39. The van der Waals surface area contributed by atoms with E-state index in [1.807, 2.05) is 0 Å². The van der Waals surface area contributed by atoms with E-state index in [1.54, 1.807) is 6.07 Å². The molecule has 1 amide bonds. The second kappa shape index (κ2) is 11.6. The molecule has 0 saturated heterocycles. The quantitative estimate of drug-likeness (QED) is 0.543. The molecular weight excluding hydrogens is 485 g/mol. The monoisotopic (exact) mass is 516 g/mol. The van der Waals surface area contributed by atoms with Crippen molar-refractivity contribution in [1.29, 1.82) is 0 Å². The van der Waals surface area contributed by atoms with Crippen molar-refractivity contribution in [2.24, 2.45) is 5.92 Å². The van der Waals surface area contributed by atoms with Crippen molar-refractivity contribution in [2.75, 3.05) is 33.4 Å². The molecule has 194 valence electrons. The number of hydrogen-bond acceptors (Lipinski definition) is 8. The molecule has 1 aliphatic carbocycles. The van der Waals surface area contributed by atoms with E-state index in [9.17, 15) is 18.0 Å². The number of fused-ring (bicyclic) bond motifs is 1. The fraction of sp³-hybridized carbons (Fsp3) is 0.696. The lowest BCUT2D eigenvalue weighted by atomic mass is 9.84. The predicted molar refractivity (Wildman–Crippen MR) is 123 cm³/mol. The molecule has 0 aromatic carbocycles. The van der Waals surface area contributed by atoms with Gasteiger partial charge in [-0.2, -0.15) is 13.2 Å². The third-order valence-corrected chi connectivity index (χ3v) is 7.65. The van der Waals surface area contributed by atoms with Gasteiger partial charge in [-0.15, -0.1) is 0 Å². The van der Waals surface area contributed by atoms with E-state index >= 15 is 0 Å². The van der Waals surface area contributed by atoms with Gasteiger partial charge in [-0.3, -0.25) is 4.79 Å². The Morgan fingerprint density at radius 1 is 1.26 bits per heavy atom. The van der Waals surface area contributed by atoms with Gasteiger partial charge in [0.25, 0.3) is 11.1 Å². The van der Waals surface area contributed by atoms with Crippen LogP contribution in [0.15, 0.2) is 10.6 Å². The van der Waals surface area contributed by atoms with Gasteiger partial charge in [0.1, 0.15) is 5.76 Å². The fourth-order valence-corrected chi connectivity index (χ4v) is 5.63. The Morgan fingerprint density at radius 2 is 2.03 bits per heavy atom. The molecule has 1 aliphatic heterocycles. The Hall–Kier alpha value is -2.34. The summed E-state index contributed by atoms with van der Waals surface area (Å²) in [7, 11) is 1.50. The normalized spacial score (nSPS) is 21.3. The number of thiazole rings is 1. The minimum absolute atomic E-state index is 0.0649. The lowest BCUT2D eigenvalue weighted by Crippen LogP contribution is -2.39. The Bertz CT molecular complexity index is 947. The van der Waals surface area contributed by atoms with Gasteiger partial charge >= 0.3 is 6.18 Å². The molecule has 8 nitrogen and oxygen atoms in total. The van der Waals surface area contributed by atoms with Gasteiger partial charge in [0.05, 0.1) is 19.2 Å². The summed E-state index contributed by atoms with van der Waals surface area (Å²) < 4.78 is 52.0. The molecule has 0 atom stereocenters. The maximum absolute atomic E-state index is 12.4. The third-order valence-electron chi connectivity index (χ3n) is 6.58. The van der Waals surface area contributed by atoms with Gasteiger partial charge in [-0.1, -0.05) is 11.3 Å². The van der Waals surface area contributed by atoms with E-state index < -0.39 is 12.8 Å². The van der Waals surface area contributed by atoms with E-state index in [2.05, 4.69) is 20.4 Å². The Kier molecular flexibility index (Phi) is 8.53. The van der Waals surface area contributed by atoms with Crippen LogP contribution in [0.25, 0.3) is 0 Å². The first-order valence-corrected chi connectivity index (χ1v) is 12.8. The summed E-state index contributed by atoms with van der Waals surface area (Å²) in [5.41, 5.74) is 0.870. The topological polar surface area (TPSA) is 89.7 Å². The van der Waals surface area contributed by atoms with E-state index in [4.69, 9.17) is 14.0 Å². The third kappa shape index (κ3) is 7.83. The number of hydrogen-bond donors (Lipinski definition) is 1. The van der Waals surface area contributed by atoms with Crippen LogP contribution in [0.5, 0.6) is 11.1 Å². The number of nitrogens with one attached hydrogen (secondary N) is 1. The number of carbonyl (C=O) groups excluding carboxylic acids is 1. The van der Waals surface area contributed by atoms with Crippen molar-refractivity contribution in [1.82, 2.24) is 20.4 Å². The Balaban J connectivity index is 1.13. The number of rotatable bonds is 9. The molecule has 0 spiro atoms. The Morgan fingerprint density at radius 3 is 2.74 bits per heavy atom. The zero-order valence-electron chi connectivity index (χ0n) is 19.7. The molecule has 2 aromatic rings. The maximum atomic E-state index is 12.4. The number of nitrogens with zero attached hydrogens (tertiary/aromatic N) is 3. The van der Waals surface area contributed by atoms with Gasteiger partial charge in [-0.05, 0) is 56.1 Å². The van der Waals surface area contributed by atoms with E-state index in [1.165, 1.54) is 18.4 Å². The summed E-state index contributed by atoms with van der Waals surface area (Å²) in [6.07, 6.45) is 2.55. The van der Waals surface area contributed by atoms with Crippen LogP contribution in [-0.4, -0.2) is 66.5 Å². The Labute approximate surface area is 206 Å². The summed E-state index contributed by atoms with van der Waals surface area (Å²) in [4.78, 5) is 20.0. The highest BCUT2D eigenvalue weighted by molar-refractivity contribution is 7.13. The highest BCUT2D eigenvalue weighted by Gasteiger charge is 2.30. The van der Waals surface area contributed by atoms with Crippen molar-refractivity contribution in [3.8, 4) is 11.1 Å². The molecule has 2 aromatic heterocycles. The largest absolute Gasteiger partial charge is 0.479 e. The molecule has 1 saturated carbocycles. The van der Waals surface area contributed by atoms with Crippen LogP contribution in [0.4, 0.5) is 13.2 Å². The fourth-order valence-electron chi connectivity index (χ4n) is 4.69. The van der Waals surface area contributed by atoms with Crippen LogP contribution < -0.4 is 14.8 Å². The molecule has 3 heterocycles. The number of carbonyl (C=O) groups is 1. The van der Waals surface area contributed by atoms with Gasteiger partial charge in [0.2, 0.25) is 5.91 Å². The van der Waals surface area contributed by atoms with Gasteiger partial charge < -0.3 is 24.2 Å². The van der Waals surface area contributed by atoms with Crippen LogP contribution >= 0.6 is 11.3 Å². The molecular formula is C23H31F3N4O4S. The maximum Gasteiger partial charge on any atom is 0.422 e. The highest BCUT2D eigenvalue weighted by Crippen LogP contribution is 2.31. The first kappa shape index (κ1) is 25.7. The van der Waals surface area contributed by atoms with Crippen LogP contribution in [-0.2, 0) is 24.1 Å². The first-order valence-electron chi connectivity index (χ1n) is 12.0. The molecule has 2 aliphatic rings. The first-order chi connectivity index (χ1) is 16.8. The standard InChI is InChI=1S/C23H31F3N4O4S/c1-32-21-13-17(34-29-21)12-20(31)27-16-4-2-15(3-5-16)6-9-30-10-7-18-19(8-11-30)35-22(28-18)33-14-23(24,25)26/h13,15-16H,2-12,14H2,1H3,(H,27,31)/t15-,16-. The van der Waals surface area contributed by atoms with Gasteiger partial charge in [-0.25, -0.2) is 4.98 Å². The van der Waals surface area contributed by atoms with Gasteiger partial charge in [0.15, 0.2) is 6.61 Å². The highest BCUT2D eigenvalue weighted by atomic mass is 32.1. The molecule has 1 N–H and O–H groups in total. The van der Waals surface area contributed by atoms with E-state index in [0.29, 0.717) is 17.6 Å². The summed E-state index contributed by atoms with van der Waals surface area (Å²) in [5, 5.41) is 6.93. The van der Waals surface area contributed by atoms with Crippen molar-refractivity contribution in [3.05, 3.63) is 22.4 Å². The summed E-state index contributed by atoms with van der Waals surface area (Å²) >= 11 is 1.24. The zero-order chi connectivity index (χ0) is 24.8. The van der Waals surface area contributed by atoms with E-state index in [-0.39, 0.29) is 23.6 Å². The van der Waals surface area contributed by atoms with Crippen molar-refractivity contribution in [3.63, 3.8) is 0 Å². The lowest BCUT2D eigenvalue weighted by molar-refractivity contribution is -0.153. The number of aromatic nitrogens is 2. The van der Waals surface area contributed by atoms with E-state index in [0.717, 1.165) is 75.2 Å². The summed E-state index contributed by atoms with van der Waals surface area (Å²) in [6, 6.07) is 1.81. The van der Waals surface area contributed by atoms with Crippen LogP contribution in [0.1, 0.15) is 48.4 Å². The van der Waals surface area contributed by atoms with Crippen LogP contribution in [0.3, 0.4) is 0 Å². The number of halogens is 3. The van der Waals surface area contributed by atoms with Crippen LogP contribution in [0.2, 0.25) is 0 Å². The lowest BCUT2D eigenvalue weighted by Gasteiger charge is -2.30. The average molecular weight is 517 g/mol. The molecule has 1 fully saturated rings. The number of methoxy groups -OCH3 is 1. The SMILES string of the molecule is COc1cc(CC(=O)N[C@H]2CC[C@H](CCN3CCc4nc(OCC(F)(F)F)sc4CC3)CC2)on1. The predicted octanol–water partition coefficient (Wildman–Crippen LogP) is 3.79. The summed E-state index contributed by atoms with van der Waals surface area (Å²) in [5.74, 6) is 1.42. The van der Waals surface area contributed by atoms with Crippen LogP contribution in [0, 0.1) is 5.92 Å². The zero-order valence-corrected chi connectivity index (χ0v) is 20.6. The molecule has 0 bridgehead atoms.